The molecule has 0 aliphatic heterocycles. The Morgan fingerprint density at radius 3 is 1.20 bits per heavy atom. The van der Waals surface area contributed by atoms with E-state index in [4.69, 9.17) is 32.9 Å². The van der Waals surface area contributed by atoms with Gasteiger partial charge in [-0.1, -0.05) is 109 Å². The molecule has 0 aliphatic rings. The second-order valence-corrected chi connectivity index (χ2v) is 19.0. The van der Waals surface area contributed by atoms with Crippen molar-refractivity contribution in [3.63, 3.8) is 0 Å². The van der Waals surface area contributed by atoms with Crippen molar-refractivity contribution >= 4 is 77.7 Å². The van der Waals surface area contributed by atoms with Gasteiger partial charge >= 0.3 is 0 Å². The smallest absolute Gasteiger partial charge is 0.234 e. The Kier molecular flexibility index (Phi) is 12.1. The number of benzene rings is 10. The molecule has 0 saturated heterocycles. The maximum atomic E-state index is 10.4. The maximum Gasteiger partial charge on any atom is 0.234 e. The monoisotopic (exact) mass is 1040 g/mol. The first-order valence-corrected chi connectivity index (χ1v) is 25.1. The first-order valence-electron chi connectivity index (χ1n) is 25.1. The second kappa shape index (κ2) is 20.0. The molecule has 82 heavy (non-hydrogen) atoms. The quantitative estimate of drug-likeness (QED) is 0.147. The van der Waals surface area contributed by atoms with Crippen molar-refractivity contribution in [1.29, 1.82) is 21.0 Å². The van der Waals surface area contributed by atoms with E-state index in [0.717, 1.165) is 21.5 Å². The standard InChI is InChI=1S/C70H30N12/c1-75-50-16-24-52(49(31-50)40-74)45-12-20-57-58-21-13-46(53-18-10-42(38-72)29-61(53)77-3)33-66(58)81(65(57)32-45)64-27-26-56(44-9-7-8-41(28-44)37-71)70(69(64)80-6)82-67-34-47(54-19-11-43(39-73)30-62(54)78-4)14-22-59(67)60-23-15-48(35-68(60)82)55-25-17-51(76-2)36-63(55)79-5/h7-36H. The highest BCUT2D eigenvalue weighted by atomic mass is 15.1. The number of nitrogens with zero attached hydrogens (tertiary/aromatic N) is 12. The van der Waals surface area contributed by atoms with Gasteiger partial charge in [0.05, 0.1) is 103 Å². The number of hydrogen-bond acceptors (Lipinski definition) is 4. The molecule has 0 saturated carbocycles. The van der Waals surface area contributed by atoms with Gasteiger partial charge in [0, 0.05) is 38.2 Å². The lowest BCUT2D eigenvalue weighted by atomic mass is 9.98. The highest BCUT2D eigenvalue weighted by Gasteiger charge is 2.27. The van der Waals surface area contributed by atoms with Crippen LogP contribution in [-0.2, 0) is 0 Å². The predicted molar refractivity (Wildman–Crippen MR) is 319 cm³/mol. The van der Waals surface area contributed by atoms with Crippen molar-refractivity contribution in [2.45, 2.75) is 0 Å². The molecule has 2 aromatic heterocycles. The minimum atomic E-state index is 0.187. The summed E-state index contributed by atoms with van der Waals surface area (Å²) in [6.45, 7) is 49.3. The summed E-state index contributed by atoms with van der Waals surface area (Å²) in [4.78, 5) is 23.1. The average Bonchev–Trinajstić information content (AvgIpc) is 4.26. The fourth-order valence-electron chi connectivity index (χ4n) is 11.0. The van der Waals surface area contributed by atoms with Gasteiger partial charge < -0.3 is 9.13 Å². The van der Waals surface area contributed by atoms with Crippen LogP contribution in [0.3, 0.4) is 0 Å². The number of hydrogen-bond donors (Lipinski definition) is 0. The van der Waals surface area contributed by atoms with E-state index in [1.165, 1.54) is 0 Å². The molecule has 12 heteroatoms. The van der Waals surface area contributed by atoms with Gasteiger partial charge in [0.1, 0.15) is 0 Å². The predicted octanol–water partition coefficient (Wildman–Crippen LogP) is 19.0. The van der Waals surface area contributed by atoms with E-state index in [2.05, 4.69) is 53.3 Å². The summed E-state index contributed by atoms with van der Waals surface area (Å²) in [5.74, 6) is 0. The van der Waals surface area contributed by atoms with Crippen LogP contribution in [-0.4, -0.2) is 9.13 Å². The minimum absolute atomic E-state index is 0.187. The molecule has 0 radical (unpaired) electrons. The van der Waals surface area contributed by atoms with E-state index in [9.17, 15) is 27.6 Å². The molecule has 0 amide bonds. The molecule has 0 bridgehead atoms. The van der Waals surface area contributed by atoms with Crippen LogP contribution in [0.25, 0.3) is 140 Å². The van der Waals surface area contributed by atoms with Gasteiger partial charge in [-0.05, 0) is 128 Å². The van der Waals surface area contributed by atoms with Gasteiger partial charge in [0.25, 0.3) is 0 Å². The Morgan fingerprint density at radius 1 is 0.317 bits per heavy atom. The van der Waals surface area contributed by atoms with Crippen LogP contribution in [0, 0.1) is 84.8 Å². The molecule has 12 nitrogen and oxygen atoms in total. The summed E-state index contributed by atoms with van der Waals surface area (Å²) in [5.41, 5.74) is 12.8. The van der Waals surface area contributed by atoms with Crippen molar-refractivity contribution in [1.82, 2.24) is 9.13 Å². The minimum Gasteiger partial charge on any atom is -0.319 e. The van der Waals surface area contributed by atoms with E-state index < -0.39 is 0 Å². The van der Waals surface area contributed by atoms with Crippen LogP contribution < -0.4 is 0 Å². The fraction of sp³-hybridized carbons (Fsp3) is 0. The third kappa shape index (κ3) is 8.00. The van der Waals surface area contributed by atoms with Crippen molar-refractivity contribution in [3.05, 3.63) is 273 Å². The summed E-state index contributed by atoms with van der Waals surface area (Å²) >= 11 is 0. The average molecular weight is 1040 g/mol. The van der Waals surface area contributed by atoms with Gasteiger partial charge in [-0.25, -0.2) is 29.1 Å². The zero-order valence-electron chi connectivity index (χ0n) is 42.7. The lowest BCUT2D eigenvalue weighted by Crippen LogP contribution is -2.03. The normalized spacial score (nSPS) is 10.6. The molecule has 0 fully saturated rings. The molecule has 12 rings (SSSR count). The van der Waals surface area contributed by atoms with Crippen LogP contribution in [0.5, 0.6) is 0 Å². The maximum absolute atomic E-state index is 10.4. The molecule has 0 N–H and O–H groups in total. The summed E-state index contributed by atoms with van der Waals surface area (Å²) in [6.07, 6.45) is 0. The Morgan fingerprint density at radius 2 is 0.732 bits per heavy atom. The Hall–Kier alpha value is -13.3. The summed E-state index contributed by atoms with van der Waals surface area (Å²) in [7, 11) is 0. The topological polar surface area (TPSA) is 131 Å². The molecular formula is C70H30N12. The first-order chi connectivity index (χ1) is 40.2. The SMILES string of the molecule is [C-]#[N+]c1ccc(-c2ccc3c4ccc(-c5ccc(C#N)cc5[N+]#[C-])cc4n(-c4ccc(-c5cccc(C#N)c5)c(-n5c6cc(-c7ccc(C#N)cc7[N+]#[C-])ccc6c6ccc(-c7ccc([N+]#[C-])cc7[N+]#[C-])cc65)c4[N+]#[C-])c3c2)c(C#N)c1. The third-order valence-electron chi connectivity index (χ3n) is 14.8. The fourth-order valence-corrected chi connectivity index (χ4v) is 11.0. The van der Waals surface area contributed by atoms with Crippen LogP contribution in [0.2, 0.25) is 0 Å². The van der Waals surface area contributed by atoms with Crippen molar-refractivity contribution < 1.29 is 0 Å². The van der Waals surface area contributed by atoms with Crippen LogP contribution in [0.15, 0.2) is 182 Å². The first kappa shape index (κ1) is 49.6. The van der Waals surface area contributed by atoms with E-state index >= 15 is 0 Å². The molecular weight excluding hydrogens is 1010 g/mol. The molecule has 0 spiro atoms. The third-order valence-corrected chi connectivity index (χ3v) is 14.8. The Labute approximate surface area is 469 Å². The lowest BCUT2D eigenvalue weighted by molar-refractivity contribution is 1.15. The molecule has 370 valence electrons. The van der Waals surface area contributed by atoms with E-state index in [1.807, 2.05) is 100 Å². The van der Waals surface area contributed by atoms with E-state index in [0.29, 0.717) is 123 Å². The second-order valence-electron chi connectivity index (χ2n) is 19.0. The highest BCUT2D eigenvalue weighted by molar-refractivity contribution is 6.15. The molecule has 0 aliphatic carbocycles. The van der Waals surface area contributed by atoms with Gasteiger partial charge in [0.2, 0.25) is 5.69 Å². The largest absolute Gasteiger partial charge is 0.319 e. The van der Waals surface area contributed by atoms with Gasteiger partial charge in [-0.3, -0.25) is 0 Å². The lowest BCUT2D eigenvalue weighted by Gasteiger charge is -2.21. The van der Waals surface area contributed by atoms with Crippen LogP contribution in [0.1, 0.15) is 22.3 Å². The molecule has 12 aromatic rings. The summed E-state index contributed by atoms with van der Waals surface area (Å²) in [5, 5.41) is 43.5. The molecule has 2 heterocycles. The van der Waals surface area contributed by atoms with Crippen molar-refractivity contribution in [2.24, 2.45) is 0 Å². The number of nitriles is 4. The van der Waals surface area contributed by atoms with E-state index in [-0.39, 0.29) is 22.7 Å². The number of rotatable bonds is 7. The van der Waals surface area contributed by atoms with Gasteiger partial charge in [-0.2, -0.15) is 21.0 Å². The van der Waals surface area contributed by atoms with Crippen LogP contribution in [0.4, 0.5) is 34.1 Å². The van der Waals surface area contributed by atoms with Gasteiger partial charge in [-0.15, -0.1) is 0 Å². The number of fused-ring (bicyclic) bond motifs is 6. The Bertz CT molecular complexity index is 5040. The van der Waals surface area contributed by atoms with Crippen molar-refractivity contribution in [3.8, 4) is 91.3 Å². The molecule has 10 aromatic carbocycles. The van der Waals surface area contributed by atoms with Gasteiger partial charge in [0.15, 0.2) is 28.4 Å². The zero-order chi connectivity index (χ0) is 56.8. The summed E-state index contributed by atoms with van der Waals surface area (Å²) in [6, 6.07) is 63.2. The number of aromatic nitrogens is 2. The van der Waals surface area contributed by atoms with Crippen LogP contribution >= 0.6 is 0 Å². The summed E-state index contributed by atoms with van der Waals surface area (Å²) < 4.78 is 4.03. The molecule has 0 unspecified atom stereocenters. The van der Waals surface area contributed by atoms with Crippen molar-refractivity contribution in [2.75, 3.05) is 0 Å². The highest BCUT2D eigenvalue weighted by Crippen LogP contribution is 2.49. The zero-order valence-corrected chi connectivity index (χ0v) is 42.7. The Balaban J connectivity index is 1.25. The molecule has 0 atom stereocenters. The van der Waals surface area contributed by atoms with E-state index in [1.54, 1.807) is 91.0 Å².